The van der Waals surface area contributed by atoms with Crippen molar-refractivity contribution in [3.8, 4) is 5.06 Å². The normalized spacial score (nSPS) is 10.6. The molecule has 86 valence electrons. The van der Waals surface area contributed by atoms with Gasteiger partial charge in [-0.05, 0) is 40.2 Å². The van der Waals surface area contributed by atoms with Crippen LogP contribution in [0.1, 0.15) is 9.75 Å². The number of nitrogens with one attached hydrogen (secondary N) is 1. The van der Waals surface area contributed by atoms with E-state index >= 15 is 0 Å². The summed E-state index contributed by atoms with van der Waals surface area (Å²) in [4.78, 5) is 2.64. The predicted octanol–water partition coefficient (Wildman–Crippen LogP) is 3.87. The monoisotopic (exact) mass is 317 g/mol. The number of hydrogen-bond acceptors (Lipinski definition) is 4. The molecule has 1 N–H and O–H groups in total. The Morgan fingerprint density at radius 2 is 1.81 bits per heavy atom. The summed E-state index contributed by atoms with van der Waals surface area (Å²) in [5, 5.41) is 4.38. The second-order valence-corrected chi connectivity index (χ2v) is 6.91. The zero-order chi connectivity index (χ0) is 11.4. The maximum Gasteiger partial charge on any atom is 0.173 e. The van der Waals surface area contributed by atoms with E-state index in [-0.39, 0.29) is 0 Å². The SMILES string of the molecule is COc1ccc(CNCc2ccc(Br)s2)s1. The minimum atomic E-state index is 0.892. The van der Waals surface area contributed by atoms with E-state index in [0.29, 0.717) is 0 Å². The lowest BCUT2D eigenvalue weighted by Gasteiger charge is -1.99. The molecule has 5 heteroatoms. The Morgan fingerprint density at radius 1 is 1.12 bits per heavy atom. The first-order chi connectivity index (χ1) is 7.78. The van der Waals surface area contributed by atoms with E-state index in [1.54, 1.807) is 29.8 Å². The number of methoxy groups -OCH3 is 1. The Balaban J connectivity index is 1.79. The highest BCUT2D eigenvalue weighted by Crippen LogP contribution is 2.24. The van der Waals surface area contributed by atoms with Gasteiger partial charge in [0, 0.05) is 22.8 Å². The predicted molar refractivity (Wildman–Crippen MR) is 73.4 cm³/mol. The minimum absolute atomic E-state index is 0.892. The quantitative estimate of drug-likeness (QED) is 0.903. The lowest BCUT2D eigenvalue weighted by atomic mass is 10.4. The van der Waals surface area contributed by atoms with Gasteiger partial charge in [0.25, 0.3) is 0 Å². The van der Waals surface area contributed by atoms with Crippen LogP contribution in [0, 0.1) is 0 Å². The molecule has 2 heterocycles. The van der Waals surface area contributed by atoms with Crippen molar-refractivity contribution in [2.24, 2.45) is 0 Å². The van der Waals surface area contributed by atoms with Crippen LogP contribution < -0.4 is 10.1 Å². The zero-order valence-corrected chi connectivity index (χ0v) is 12.0. The molecule has 0 aromatic carbocycles. The van der Waals surface area contributed by atoms with Gasteiger partial charge in [-0.15, -0.1) is 22.7 Å². The zero-order valence-electron chi connectivity index (χ0n) is 8.83. The molecule has 0 saturated heterocycles. The summed E-state index contributed by atoms with van der Waals surface area (Å²) in [6.45, 7) is 1.81. The van der Waals surface area contributed by atoms with Gasteiger partial charge in [0.2, 0.25) is 0 Å². The van der Waals surface area contributed by atoms with E-state index in [1.165, 1.54) is 13.5 Å². The van der Waals surface area contributed by atoms with Gasteiger partial charge in [0.05, 0.1) is 10.9 Å². The number of halogens is 1. The molecule has 0 aliphatic rings. The van der Waals surface area contributed by atoms with Crippen molar-refractivity contribution in [2.75, 3.05) is 7.11 Å². The van der Waals surface area contributed by atoms with Crippen molar-refractivity contribution >= 4 is 38.6 Å². The Bertz CT molecular complexity index is 452. The van der Waals surface area contributed by atoms with Gasteiger partial charge in [-0.1, -0.05) is 0 Å². The smallest absolute Gasteiger partial charge is 0.173 e. The first-order valence-corrected chi connectivity index (χ1v) is 7.28. The van der Waals surface area contributed by atoms with Crippen LogP contribution in [-0.4, -0.2) is 7.11 Å². The summed E-state index contributed by atoms with van der Waals surface area (Å²) in [5.74, 6) is 0. The van der Waals surface area contributed by atoms with Gasteiger partial charge in [-0.25, -0.2) is 0 Å². The lowest BCUT2D eigenvalue weighted by molar-refractivity contribution is 0.427. The summed E-state index contributed by atoms with van der Waals surface area (Å²) in [7, 11) is 1.70. The fourth-order valence-corrected chi connectivity index (χ4v) is 3.56. The molecular formula is C11H12BrNOS2. The van der Waals surface area contributed by atoms with Crippen molar-refractivity contribution in [2.45, 2.75) is 13.1 Å². The molecule has 0 aliphatic carbocycles. The highest BCUT2D eigenvalue weighted by molar-refractivity contribution is 9.11. The topological polar surface area (TPSA) is 21.3 Å². The van der Waals surface area contributed by atoms with Crippen molar-refractivity contribution in [3.05, 3.63) is 37.8 Å². The summed E-state index contributed by atoms with van der Waals surface area (Å²) in [6, 6.07) is 8.32. The average Bonchev–Trinajstić information content (AvgIpc) is 2.88. The molecule has 0 spiro atoms. The van der Waals surface area contributed by atoms with Crippen molar-refractivity contribution in [1.82, 2.24) is 5.32 Å². The van der Waals surface area contributed by atoms with Gasteiger partial charge in [0.15, 0.2) is 5.06 Å². The standard InChI is InChI=1S/C11H12BrNOS2/c1-14-11-5-3-9(16-11)7-13-6-8-2-4-10(12)15-8/h2-5,13H,6-7H2,1H3. The highest BCUT2D eigenvalue weighted by Gasteiger charge is 2.00. The van der Waals surface area contributed by atoms with Crippen LogP contribution in [0.2, 0.25) is 0 Å². The van der Waals surface area contributed by atoms with Gasteiger partial charge in [-0.3, -0.25) is 0 Å². The van der Waals surface area contributed by atoms with E-state index in [4.69, 9.17) is 4.74 Å². The molecular weight excluding hydrogens is 306 g/mol. The number of ether oxygens (including phenoxy) is 1. The Morgan fingerprint density at radius 3 is 2.38 bits per heavy atom. The van der Waals surface area contributed by atoms with Crippen molar-refractivity contribution in [1.29, 1.82) is 0 Å². The van der Waals surface area contributed by atoms with Crippen LogP contribution in [0.15, 0.2) is 28.1 Å². The molecule has 16 heavy (non-hydrogen) atoms. The third-order valence-electron chi connectivity index (χ3n) is 2.07. The van der Waals surface area contributed by atoms with Gasteiger partial charge < -0.3 is 10.1 Å². The second-order valence-electron chi connectivity index (χ2n) is 3.23. The molecule has 0 unspecified atom stereocenters. The molecule has 2 nitrogen and oxygen atoms in total. The lowest BCUT2D eigenvalue weighted by Crippen LogP contribution is -2.10. The Hall–Kier alpha value is -0.360. The largest absolute Gasteiger partial charge is 0.487 e. The molecule has 2 aromatic heterocycles. The molecule has 0 amide bonds. The van der Waals surface area contributed by atoms with Crippen LogP contribution in [0.3, 0.4) is 0 Å². The molecule has 0 bridgehead atoms. The molecule has 0 atom stereocenters. The van der Waals surface area contributed by atoms with E-state index in [2.05, 4.69) is 39.4 Å². The molecule has 2 rings (SSSR count). The molecule has 0 radical (unpaired) electrons. The third-order valence-corrected chi connectivity index (χ3v) is 4.74. The van der Waals surface area contributed by atoms with Gasteiger partial charge >= 0.3 is 0 Å². The van der Waals surface area contributed by atoms with Crippen molar-refractivity contribution < 1.29 is 4.74 Å². The van der Waals surface area contributed by atoms with E-state index in [9.17, 15) is 0 Å². The van der Waals surface area contributed by atoms with Crippen molar-refractivity contribution in [3.63, 3.8) is 0 Å². The highest BCUT2D eigenvalue weighted by atomic mass is 79.9. The summed E-state index contributed by atoms with van der Waals surface area (Å²) < 4.78 is 6.33. The van der Waals surface area contributed by atoms with Crippen LogP contribution in [0.5, 0.6) is 5.06 Å². The Kier molecular flexibility index (Phi) is 4.40. The number of rotatable bonds is 5. The van der Waals surface area contributed by atoms with E-state index in [0.717, 1.165) is 18.2 Å². The van der Waals surface area contributed by atoms with Crippen LogP contribution in [0.4, 0.5) is 0 Å². The second kappa shape index (κ2) is 5.82. The molecule has 2 aromatic rings. The third kappa shape index (κ3) is 3.31. The molecule has 0 saturated carbocycles. The summed E-state index contributed by atoms with van der Waals surface area (Å²) in [5.41, 5.74) is 0. The number of hydrogen-bond donors (Lipinski definition) is 1. The van der Waals surface area contributed by atoms with Crippen LogP contribution >= 0.6 is 38.6 Å². The van der Waals surface area contributed by atoms with Crippen LogP contribution in [-0.2, 0) is 13.1 Å². The minimum Gasteiger partial charge on any atom is -0.487 e. The average molecular weight is 318 g/mol. The van der Waals surface area contributed by atoms with Crippen LogP contribution in [0.25, 0.3) is 0 Å². The first-order valence-electron chi connectivity index (χ1n) is 4.85. The molecule has 0 fully saturated rings. The summed E-state index contributed by atoms with van der Waals surface area (Å²) >= 11 is 6.91. The summed E-state index contributed by atoms with van der Waals surface area (Å²) in [6.07, 6.45) is 0. The van der Waals surface area contributed by atoms with Gasteiger partial charge in [-0.2, -0.15) is 0 Å². The maximum atomic E-state index is 5.15. The van der Waals surface area contributed by atoms with Gasteiger partial charge in [0.1, 0.15) is 0 Å². The fraction of sp³-hybridized carbons (Fsp3) is 0.273. The fourth-order valence-electron chi connectivity index (χ4n) is 1.32. The van der Waals surface area contributed by atoms with E-state index < -0.39 is 0 Å². The maximum absolute atomic E-state index is 5.15. The number of thiophene rings is 2. The molecule has 0 aliphatic heterocycles. The first kappa shape index (κ1) is 12.1. The Labute approximate surface area is 111 Å². The van der Waals surface area contributed by atoms with E-state index in [1.807, 2.05) is 6.07 Å².